The molecule has 0 saturated heterocycles. The second kappa shape index (κ2) is 4.99. The zero-order valence-corrected chi connectivity index (χ0v) is 11.4. The molecular formula is C16H21NO. The Hall–Kier alpha value is -1.54. The Morgan fingerprint density at radius 1 is 1.22 bits per heavy atom. The molecule has 96 valence electrons. The number of ether oxygens (including phenoxy) is 1. The van der Waals surface area contributed by atoms with Crippen molar-refractivity contribution in [3.63, 3.8) is 0 Å². The van der Waals surface area contributed by atoms with Crippen molar-refractivity contribution in [2.75, 3.05) is 6.54 Å². The molecule has 1 heterocycles. The minimum atomic E-state index is 0.162. The monoisotopic (exact) mass is 243 g/mol. The molecule has 0 amide bonds. The first-order chi connectivity index (χ1) is 8.46. The SMILES string of the molecule is C=C1C=Cc2c(CCNC(C)(C)C)cccc2O1. The molecule has 0 aliphatic carbocycles. The van der Waals surface area contributed by atoms with E-state index < -0.39 is 0 Å². The molecule has 0 saturated carbocycles. The van der Waals surface area contributed by atoms with Crippen molar-refractivity contribution in [1.82, 2.24) is 5.32 Å². The highest BCUT2D eigenvalue weighted by molar-refractivity contribution is 5.65. The minimum absolute atomic E-state index is 0.162. The van der Waals surface area contributed by atoms with Crippen LogP contribution in [0.2, 0.25) is 0 Å². The number of benzene rings is 1. The van der Waals surface area contributed by atoms with E-state index >= 15 is 0 Å². The summed E-state index contributed by atoms with van der Waals surface area (Å²) in [6.07, 6.45) is 5.01. The van der Waals surface area contributed by atoms with Crippen LogP contribution in [-0.4, -0.2) is 12.1 Å². The van der Waals surface area contributed by atoms with Crippen LogP contribution in [0.3, 0.4) is 0 Å². The molecule has 0 radical (unpaired) electrons. The molecule has 0 fully saturated rings. The van der Waals surface area contributed by atoms with Gasteiger partial charge in [0.1, 0.15) is 11.5 Å². The van der Waals surface area contributed by atoms with E-state index in [9.17, 15) is 0 Å². The number of fused-ring (bicyclic) bond motifs is 1. The summed E-state index contributed by atoms with van der Waals surface area (Å²) in [7, 11) is 0. The Bertz CT molecular complexity index is 480. The summed E-state index contributed by atoms with van der Waals surface area (Å²) in [5.41, 5.74) is 2.66. The van der Waals surface area contributed by atoms with Gasteiger partial charge in [0.2, 0.25) is 0 Å². The lowest BCUT2D eigenvalue weighted by Gasteiger charge is -2.21. The van der Waals surface area contributed by atoms with Gasteiger partial charge in [0.05, 0.1) is 0 Å². The first kappa shape index (κ1) is 12.9. The van der Waals surface area contributed by atoms with Crippen LogP contribution in [0.5, 0.6) is 5.75 Å². The van der Waals surface area contributed by atoms with Gasteiger partial charge in [-0.2, -0.15) is 0 Å². The lowest BCUT2D eigenvalue weighted by molar-refractivity contribution is 0.427. The quantitative estimate of drug-likeness (QED) is 0.876. The molecular weight excluding hydrogens is 222 g/mol. The smallest absolute Gasteiger partial charge is 0.134 e. The lowest BCUT2D eigenvalue weighted by atomic mass is 10.0. The first-order valence-corrected chi connectivity index (χ1v) is 6.37. The van der Waals surface area contributed by atoms with E-state index in [1.165, 1.54) is 11.1 Å². The highest BCUT2D eigenvalue weighted by Crippen LogP contribution is 2.29. The van der Waals surface area contributed by atoms with Crippen molar-refractivity contribution >= 4 is 6.08 Å². The van der Waals surface area contributed by atoms with E-state index in [4.69, 9.17) is 4.74 Å². The summed E-state index contributed by atoms with van der Waals surface area (Å²) in [6.45, 7) is 11.3. The summed E-state index contributed by atoms with van der Waals surface area (Å²) < 4.78 is 5.62. The third-order valence-electron chi connectivity index (χ3n) is 2.88. The van der Waals surface area contributed by atoms with Crippen LogP contribution in [0.15, 0.2) is 36.6 Å². The summed E-state index contributed by atoms with van der Waals surface area (Å²) in [4.78, 5) is 0. The van der Waals surface area contributed by atoms with E-state index in [-0.39, 0.29) is 5.54 Å². The van der Waals surface area contributed by atoms with Crippen LogP contribution in [0.4, 0.5) is 0 Å². The van der Waals surface area contributed by atoms with Crippen LogP contribution in [0.25, 0.3) is 6.08 Å². The average Bonchev–Trinajstić information content (AvgIpc) is 2.27. The number of hydrogen-bond donors (Lipinski definition) is 1. The second-order valence-electron chi connectivity index (χ2n) is 5.66. The molecule has 1 aliphatic rings. The Morgan fingerprint density at radius 3 is 2.72 bits per heavy atom. The van der Waals surface area contributed by atoms with Crippen LogP contribution in [0, 0.1) is 0 Å². The maximum Gasteiger partial charge on any atom is 0.134 e. The number of nitrogens with one attached hydrogen (secondary N) is 1. The topological polar surface area (TPSA) is 21.3 Å². The van der Waals surface area contributed by atoms with Crippen molar-refractivity contribution in [1.29, 1.82) is 0 Å². The Morgan fingerprint density at radius 2 is 2.00 bits per heavy atom. The van der Waals surface area contributed by atoms with Gasteiger partial charge in [-0.25, -0.2) is 0 Å². The molecule has 2 heteroatoms. The van der Waals surface area contributed by atoms with Crippen LogP contribution in [-0.2, 0) is 6.42 Å². The molecule has 0 aromatic heterocycles. The third kappa shape index (κ3) is 3.23. The van der Waals surface area contributed by atoms with Gasteiger partial charge in [0.25, 0.3) is 0 Å². The van der Waals surface area contributed by atoms with Gasteiger partial charge in [-0.3, -0.25) is 0 Å². The van der Waals surface area contributed by atoms with E-state index in [2.05, 4.69) is 44.8 Å². The van der Waals surface area contributed by atoms with Crippen molar-refractivity contribution < 1.29 is 4.74 Å². The van der Waals surface area contributed by atoms with Crippen LogP contribution in [0.1, 0.15) is 31.9 Å². The Balaban J connectivity index is 2.10. The zero-order valence-electron chi connectivity index (χ0n) is 11.4. The Kier molecular flexibility index (Phi) is 3.58. The fraction of sp³-hybridized carbons (Fsp3) is 0.375. The van der Waals surface area contributed by atoms with Gasteiger partial charge in [-0.1, -0.05) is 18.7 Å². The first-order valence-electron chi connectivity index (χ1n) is 6.37. The molecule has 18 heavy (non-hydrogen) atoms. The van der Waals surface area contributed by atoms with Gasteiger partial charge in [-0.05, 0) is 57.5 Å². The minimum Gasteiger partial charge on any atom is -0.457 e. The van der Waals surface area contributed by atoms with Gasteiger partial charge < -0.3 is 10.1 Å². The van der Waals surface area contributed by atoms with Gasteiger partial charge in [0, 0.05) is 11.1 Å². The molecule has 2 nitrogen and oxygen atoms in total. The molecule has 0 unspecified atom stereocenters. The number of allylic oxidation sites excluding steroid dienone is 1. The molecule has 0 atom stereocenters. The van der Waals surface area contributed by atoms with Crippen molar-refractivity contribution in [2.24, 2.45) is 0 Å². The normalized spacial score (nSPS) is 14.3. The lowest BCUT2D eigenvalue weighted by Crippen LogP contribution is -2.37. The molecule has 1 aromatic carbocycles. The largest absolute Gasteiger partial charge is 0.457 e. The molecule has 1 aliphatic heterocycles. The number of hydrogen-bond acceptors (Lipinski definition) is 2. The Labute approximate surface area is 109 Å². The van der Waals surface area contributed by atoms with Crippen molar-refractivity contribution in [2.45, 2.75) is 32.7 Å². The predicted octanol–water partition coefficient (Wildman–Crippen LogP) is 3.54. The van der Waals surface area contributed by atoms with Crippen molar-refractivity contribution in [3.8, 4) is 5.75 Å². The highest BCUT2D eigenvalue weighted by Gasteiger charge is 2.13. The van der Waals surface area contributed by atoms with Gasteiger partial charge >= 0.3 is 0 Å². The van der Waals surface area contributed by atoms with Crippen molar-refractivity contribution in [3.05, 3.63) is 47.7 Å². The van der Waals surface area contributed by atoms with E-state index in [1.54, 1.807) is 0 Å². The standard InChI is InChI=1S/C16H21NO/c1-12-8-9-14-13(6-5-7-15(14)18-12)10-11-17-16(2,3)4/h5-9,17H,1,10-11H2,2-4H3. The third-order valence-corrected chi connectivity index (χ3v) is 2.88. The summed E-state index contributed by atoms with van der Waals surface area (Å²) >= 11 is 0. The summed E-state index contributed by atoms with van der Waals surface area (Å²) in [6, 6.07) is 6.19. The fourth-order valence-electron chi connectivity index (χ4n) is 2.01. The molecule has 0 spiro atoms. The molecule has 1 aromatic rings. The summed E-state index contributed by atoms with van der Waals surface area (Å²) in [5, 5.41) is 3.50. The fourth-order valence-corrected chi connectivity index (χ4v) is 2.01. The summed E-state index contributed by atoms with van der Waals surface area (Å²) in [5.74, 6) is 1.61. The van der Waals surface area contributed by atoms with Gasteiger partial charge in [0.15, 0.2) is 0 Å². The highest BCUT2D eigenvalue weighted by atomic mass is 16.5. The second-order valence-corrected chi connectivity index (χ2v) is 5.66. The maximum atomic E-state index is 5.62. The predicted molar refractivity (Wildman–Crippen MR) is 76.7 cm³/mol. The molecule has 2 rings (SSSR count). The van der Waals surface area contributed by atoms with E-state index in [1.807, 2.05) is 18.2 Å². The van der Waals surface area contributed by atoms with E-state index in [0.29, 0.717) is 5.76 Å². The zero-order chi connectivity index (χ0) is 13.2. The molecule has 0 bridgehead atoms. The maximum absolute atomic E-state index is 5.62. The van der Waals surface area contributed by atoms with Crippen LogP contribution >= 0.6 is 0 Å². The number of rotatable bonds is 3. The average molecular weight is 243 g/mol. The van der Waals surface area contributed by atoms with E-state index in [0.717, 1.165) is 18.7 Å². The van der Waals surface area contributed by atoms with Gasteiger partial charge in [-0.15, -0.1) is 0 Å². The molecule has 1 N–H and O–H groups in total. The van der Waals surface area contributed by atoms with Crippen LogP contribution < -0.4 is 10.1 Å².